The minimum Gasteiger partial charge on any atom is -0.255 e. The summed E-state index contributed by atoms with van der Waals surface area (Å²) in [6.45, 7) is 2.20. The van der Waals surface area contributed by atoms with Crippen molar-refractivity contribution in [2.24, 2.45) is 0 Å². The Morgan fingerprint density at radius 2 is 1.50 bits per heavy atom. The van der Waals surface area contributed by atoms with Gasteiger partial charge in [-0.1, -0.05) is 51.9 Å². The van der Waals surface area contributed by atoms with E-state index in [1.54, 1.807) is 0 Å². The van der Waals surface area contributed by atoms with Crippen LogP contribution in [0.25, 0.3) is 0 Å². The molecule has 0 amide bonds. The van der Waals surface area contributed by atoms with E-state index >= 15 is 0 Å². The molecule has 3 heteroatoms. The zero-order valence-corrected chi connectivity index (χ0v) is 9.06. The molecule has 0 fully saturated rings. The fraction of sp³-hybridized carbons (Fsp3) is 0.909. The van der Waals surface area contributed by atoms with Crippen molar-refractivity contribution in [1.29, 1.82) is 0 Å². The summed E-state index contributed by atoms with van der Waals surface area (Å²) >= 11 is 0. The second-order valence-electron chi connectivity index (χ2n) is 3.67. The summed E-state index contributed by atoms with van der Waals surface area (Å²) < 4.78 is 11.3. The molecular weight excluding hydrogens is 183 g/mol. The average Bonchev–Trinajstić information content (AvgIpc) is 2.21. The van der Waals surface area contributed by atoms with Gasteiger partial charge in [-0.2, -0.15) is 0 Å². The van der Waals surface area contributed by atoms with Crippen LogP contribution in [0.1, 0.15) is 64.7 Å². The number of unbranched alkanes of at least 4 members (excludes halogenated alkanes) is 7. The number of carbonyl (C=O) groups is 1. The molecule has 0 saturated heterocycles. The standard InChI is InChI=1S/C11H21FO2/c1-2-3-4-5-6-7-8-9-10-11(13)14-12/h2-10H2,1H3. The van der Waals surface area contributed by atoms with Crippen molar-refractivity contribution in [3.63, 3.8) is 0 Å². The Morgan fingerprint density at radius 1 is 1.00 bits per heavy atom. The van der Waals surface area contributed by atoms with E-state index in [-0.39, 0.29) is 6.42 Å². The smallest absolute Gasteiger partial charge is 0.255 e. The molecule has 0 heterocycles. The Kier molecular flexibility index (Phi) is 10.0. The first-order valence-corrected chi connectivity index (χ1v) is 5.62. The third-order valence-electron chi connectivity index (χ3n) is 2.32. The summed E-state index contributed by atoms with van der Waals surface area (Å²) in [4.78, 5) is 13.5. The van der Waals surface area contributed by atoms with Gasteiger partial charge in [0.2, 0.25) is 0 Å². The van der Waals surface area contributed by atoms with Gasteiger partial charge >= 0.3 is 5.97 Å². The Bertz CT molecular complexity index is 137. The second-order valence-corrected chi connectivity index (χ2v) is 3.67. The lowest BCUT2D eigenvalue weighted by molar-refractivity contribution is -0.183. The summed E-state index contributed by atoms with van der Waals surface area (Å²) in [6.07, 6.45) is 9.50. The SMILES string of the molecule is CCCCCCCCCCC(=O)OF. The Hall–Kier alpha value is -0.600. The third kappa shape index (κ3) is 9.49. The molecule has 0 aliphatic carbocycles. The van der Waals surface area contributed by atoms with E-state index in [9.17, 15) is 9.32 Å². The van der Waals surface area contributed by atoms with E-state index < -0.39 is 5.97 Å². The third-order valence-corrected chi connectivity index (χ3v) is 2.32. The molecular formula is C11H21FO2. The predicted molar refractivity (Wildman–Crippen MR) is 54.4 cm³/mol. The first kappa shape index (κ1) is 13.4. The first-order chi connectivity index (χ1) is 6.81. The maximum absolute atomic E-state index is 11.3. The van der Waals surface area contributed by atoms with Crippen LogP contribution in [0.15, 0.2) is 0 Å². The molecule has 0 spiro atoms. The lowest BCUT2D eigenvalue weighted by Crippen LogP contribution is -1.96. The van der Waals surface area contributed by atoms with E-state index in [0.29, 0.717) is 0 Å². The van der Waals surface area contributed by atoms with Crippen molar-refractivity contribution >= 4 is 5.97 Å². The van der Waals surface area contributed by atoms with E-state index in [4.69, 9.17) is 0 Å². The van der Waals surface area contributed by atoms with Crippen molar-refractivity contribution in [2.45, 2.75) is 64.7 Å². The molecule has 2 nitrogen and oxygen atoms in total. The van der Waals surface area contributed by atoms with Gasteiger partial charge in [-0.05, 0) is 6.42 Å². The van der Waals surface area contributed by atoms with Crippen molar-refractivity contribution in [1.82, 2.24) is 0 Å². The highest BCUT2D eigenvalue weighted by Gasteiger charge is 2.01. The van der Waals surface area contributed by atoms with Crippen LogP contribution in [0.4, 0.5) is 4.53 Å². The van der Waals surface area contributed by atoms with Gasteiger partial charge in [0.25, 0.3) is 0 Å². The zero-order chi connectivity index (χ0) is 10.6. The van der Waals surface area contributed by atoms with E-state index in [1.165, 1.54) is 32.1 Å². The van der Waals surface area contributed by atoms with Gasteiger partial charge in [0.1, 0.15) is 0 Å². The van der Waals surface area contributed by atoms with Crippen LogP contribution in [0, 0.1) is 0 Å². The molecule has 14 heavy (non-hydrogen) atoms. The molecule has 0 radical (unpaired) electrons. The topological polar surface area (TPSA) is 26.3 Å². The maximum atomic E-state index is 11.3. The van der Waals surface area contributed by atoms with Crippen molar-refractivity contribution < 1.29 is 14.3 Å². The lowest BCUT2D eigenvalue weighted by Gasteiger charge is -1.99. The molecule has 0 saturated carbocycles. The fourth-order valence-corrected chi connectivity index (χ4v) is 1.44. The van der Waals surface area contributed by atoms with Crippen LogP contribution in [-0.2, 0) is 9.74 Å². The molecule has 0 N–H and O–H groups in total. The summed E-state index contributed by atoms with van der Waals surface area (Å²) in [7, 11) is 0. The Labute approximate surface area is 85.7 Å². The lowest BCUT2D eigenvalue weighted by atomic mass is 10.1. The Morgan fingerprint density at radius 3 is 2.00 bits per heavy atom. The summed E-state index contributed by atoms with van der Waals surface area (Å²) in [5, 5.41) is 0. The number of halogens is 1. The monoisotopic (exact) mass is 204 g/mol. The Balaban J connectivity index is 2.95. The molecule has 0 aromatic carbocycles. The minimum absolute atomic E-state index is 0.214. The van der Waals surface area contributed by atoms with Gasteiger partial charge in [0.05, 0.1) is 0 Å². The van der Waals surface area contributed by atoms with Crippen LogP contribution < -0.4 is 0 Å². The van der Waals surface area contributed by atoms with E-state index in [2.05, 4.69) is 11.9 Å². The molecule has 0 bridgehead atoms. The van der Waals surface area contributed by atoms with Crippen LogP contribution in [-0.4, -0.2) is 5.97 Å². The van der Waals surface area contributed by atoms with Gasteiger partial charge in [0, 0.05) is 10.9 Å². The normalized spacial score (nSPS) is 10.1. The first-order valence-electron chi connectivity index (χ1n) is 5.62. The van der Waals surface area contributed by atoms with Gasteiger partial charge in [-0.3, -0.25) is 4.94 Å². The summed E-state index contributed by atoms with van der Waals surface area (Å²) in [5.41, 5.74) is 0. The van der Waals surface area contributed by atoms with Gasteiger partial charge in [-0.25, -0.2) is 4.79 Å². The predicted octanol–water partition coefficient (Wildman–Crippen LogP) is 3.94. The van der Waals surface area contributed by atoms with Crippen LogP contribution in [0.2, 0.25) is 0 Å². The largest absolute Gasteiger partial charge is 0.348 e. The zero-order valence-electron chi connectivity index (χ0n) is 9.06. The maximum Gasteiger partial charge on any atom is 0.348 e. The molecule has 0 aliphatic rings. The van der Waals surface area contributed by atoms with Crippen LogP contribution >= 0.6 is 0 Å². The van der Waals surface area contributed by atoms with Gasteiger partial charge < -0.3 is 0 Å². The van der Waals surface area contributed by atoms with Gasteiger partial charge in [0.15, 0.2) is 0 Å². The highest BCUT2D eigenvalue weighted by atomic mass is 19.3. The molecule has 0 unspecified atom stereocenters. The number of hydrogen-bond acceptors (Lipinski definition) is 2. The number of hydrogen-bond donors (Lipinski definition) is 0. The minimum atomic E-state index is -0.740. The second kappa shape index (κ2) is 10.5. The van der Waals surface area contributed by atoms with E-state index in [0.717, 1.165) is 19.3 Å². The highest BCUT2D eigenvalue weighted by Crippen LogP contribution is 2.09. The molecule has 0 aliphatic heterocycles. The molecule has 0 aromatic rings. The van der Waals surface area contributed by atoms with Crippen molar-refractivity contribution in [3.05, 3.63) is 0 Å². The van der Waals surface area contributed by atoms with Crippen molar-refractivity contribution in [2.75, 3.05) is 0 Å². The van der Waals surface area contributed by atoms with Crippen LogP contribution in [0.3, 0.4) is 0 Å². The number of rotatable bonds is 9. The molecule has 84 valence electrons. The summed E-state index contributed by atoms with van der Waals surface area (Å²) in [6, 6.07) is 0. The fourth-order valence-electron chi connectivity index (χ4n) is 1.44. The van der Waals surface area contributed by atoms with Crippen molar-refractivity contribution in [3.8, 4) is 0 Å². The molecule has 0 atom stereocenters. The van der Waals surface area contributed by atoms with E-state index in [1.807, 2.05) is 0 Å². The molecule has 0 aromatic heterocycles. The summed E-state index contributed by atoms with van der Waals surface area (Å²) in [5.74, 6) is -0.740. The average molecular weight is 204 g/mol. The number of carbonyl (C=O) groups excluding carboxylic acids is 1. The highest BCUT2D eigenvalue weighted by molar-refractivity contribution is 5.68. The molecule has 0 rings (SSSR count). The van der Waals surface area contributed by atoms with Gasteiger partial charge in [-0.15, -0.1) is 0 Å². The quantitative estimate of drug-likeness (QED) is 0.532. The van der Waals surface area contributed by atoms with Crippen LogP contribution in [0.5, 0.6) is 0 Å².